The standard InChI is InChI=1S/C14H23N5/c1-4-8-18(5-2)9-10-19-13-12(17-14(19)15)7-6-11(3)16-13/h6-7H,4-5,8-10H2,1-3H3,(H2,15,17). The minimum Gasteiger partial charge on any atom is -0.369 e. The molecule has 5 heteroatoms. The summed E-state index contributed by atoms with van der Waals surface area (Å²) < 4.78 is 2.01. The van der Waals surface area contributed by atoms with Crippen LogP contribution in [0.2, 0.25) is 0 Å². The summed E-state index contributed by atoms with van der Waals surface area (Å²) in [4.78, 5) is 11.3. The topological polar surface area (TPSA) is 60.0 Å². The van der Waals surface area contributed by atoms with E-state index in [1.165, 1.54) is 6.42 Å². The molecule has 0 fully saturated rings. The van der Waals surface area contributed by atoms with Gasteiger partial charge in [0.1, 0.15) is 5.52 Å². The summed E-state index contributed by atoms with van der Waals surface area (Å²) in [5, 5.41) is 0. The number of imidazole rings is 1. The van der Waals surface area contributed by atoms with Crippen molar-refractivity contribution in [1.82, 2.24) is 19.4 Å². The Morgan fingerprint density at radius 1 is 1.21 bits per heavy atom. The first-order valence-electron chi connectivity index (χ1n) is 6.97. The number of rotatable bonds is 6. The zero-order valence-corrected chi connectivity index (χ0v) is 12.1. The average molecular weight is 261 g/mol. The molecular weight excluding hydrogens is 238 g/mol. The Balaban J connectivity index is 2.19. The second kappa shape index (κ2) is 6.02. The third-order valence-corrected chi connectivity index (χ3v) is 3.39. The van der Waals surface area contributed by atoms with Gasteiger partial charge in [0.15, 0.2) is 5.65 Å². The molecule has 2 aromatic rings. The number of aryl methyl sites for hydroxylation is 1. The smallest absolute Gasteiger partial charge is 0.202 e. The molecule has 0 aliphatic carbocycles. The Hall–Kier alpha value is -1.62. The molecule has 2 aromatic heterocycles. The molecule has 0 bridgehead atoms. The fourth-order valence-corrected chi connectivity index (χ4v) is 2.32. The Morgan fingerprint density at radius 2 is 2.00 bits per heavy atom. The van der Waals surface area contributed by atoms with E-state index in [1.54, 1.807) is 0 Å². The minimum absolute atomic E-state index is 0.556. The predicted octanol–water partition coefficient (Wildman–Crippen LogP) is 2.05. The van der Waals surface area contributed by atoms with Crippen LogP contribution in [0, 0.1) is 6.92 Å². The molecule has 2 N–H and O–H groups in total. The largest absolute Gasteiger partial charge is 0.369 e. The van der Waals surface area contributed by atoms with E-state index in [9.17, 15) is 0 Å². The molecule has 2 heterocycles. The monoisotopic (exact) mass is 261 g/mol. The van der Waals surface area contributed by atoms with Crippen molar-refractivity contribution in [3.63, 3.8) is 0 Å². The fraction of sp³-hybridized carbons (Fsp3) is 0.571. The lowest BCUT2D eigenvalue weighted by Crippen LogP contribution is -2.28. The molecule has 0 saturated carbocycles. The lowest BCUT2D eigenvalue weighted by molar-refractivity contribution is 0.278. The van der Waals surface area contributed by atoms with Crippen molar-refractivity contribution in [2.45, 2.75) is 33.7 Å². The van der Waals surface area contributed by atoms with E-state index >= 15 is 0 Å². The van der Waals surface area contributed by atoms with E-state index in [-0.39, 0.29) is 0 Å². The van der Waals surface area contributed by atoms with Crippen LogP contribution in [-0.4, -0.2) is 39.1 Å². The van der Waals surface area contributed by atoms with Crippen LogP contribution < -0.4 is 5.73 Å². The number of fused-ring (bicyclic) bond motifs is 1. The first kappa shape index (κ1) is 13.8. The van der Waals surface area contributed by atoms with Crippen molar-refractivity contribution in [1.29, 1.82) is 0 Å². The zero-order valence-electron chi connectivity index (χ0n) is 12.1. The van der Waals surface area contributed by atoms with Gasteiger partial charge in [-0.05, 0) is 38.6 Å². The molecule has 0 amide bonds. The van der Waals surface area contributed by atoms with Crippen LogP contribution in [-0.2, 0) is 6.54 Å². The molecule has 0 aromatic carbocycles. The Bertz CT molecular complexity index is 546. The van der Waals surface area contributed by atoms with Crippen LogP contribution in [0.25, 0.3) is 11.2 Å². The summed E-state index contributed by atoms with van der Waals surface area (Å²) in [7, 11) is 0. The highest BCUT2D eigenvalue weighted by Gasteiger charge is 2.10. The molecule has 0 radical (unpaired) electrons. The molecule has 19 heavy (non-hydrogen) atoms. The van der Waals surface area contributed by atoms with E-state index in [1.807, 2.05) is 23.6 Å². The molecule has 0 atom stereocenters. The highest BCUT2D eigenvalue weighted by Crippen LogP contribution is 2.16. The SMILES string of the molecule is CCCN(CC)CCn1c(N)nc2ccc(C)nc21. The number of nitrogens with two attached hydrogens (primary N) is 1. The minimum atomic E-state index is 0.556. The maximum absolute atomic E-state index is 6.00. The van der Waals surface area contributed by atoms with Gasteiger partial charge in [0.05, 0.1) is 0 Å². The first-order chi connectivity index (χ1) is 9.15. The summed E-state index contributed by atoms with van der Waals surface area (Å²) in [5.74, 6) is 0.556. The lowest BCUT2D eigenvalue weighted by Gasteiger charge is -2.19. The van der Waals surface area contributed by atoms with Crippen molar-refractivity contribution in [3.8, 4) is 0 Å². The van der Waals surface area contributed by atoms with Gasteiger partial charge in [-0.2, -0.15) is 0 Å². The molecule has 0 aliphatic rings. The highest BCUT2D eigenvalue weighted by molar-refractivity contribution is 5.74. The Morgan fingerprint density at radius 3 is 2.68 bits per heavy atom. The van der Waals surface area contributed by atoms with Gasteiger partial charge in [-0.3, -0.25) is 4.57 Å². The third-order valence-electron chi connectivity index (χ3n) is 3.39. The normalized spacial score (nSPS) is 11.6. The van der Waals surface area contributed by atoms with Crippen molar-refractivity contribution in [2.24, 2.45) is 0 Å². The molecule has 0 aliphatic heterocycles. The molecule has 0 spiro atoms. The van der Waals surface area contributed by atoms with Crippen LogP contribution >= 0.6 is 0 Å². The van der Waals surface area contributed by atoms with Crippen LogP contribution in [0.15, 0.2) is 12.1 Å². The number of hydrogen-bond acceptors (Lipinski definition) is 4. The van der Waals surface area contributed by atoms with E-state index in [0.29, 0.717) is 5.95 Å². The molecular formula is C14H23N5. The molecule has 0 unspecified atom stereocenters. The van der Waals surface area contributed by atoms with Crippen LogP contribution in [0.5, 0.6) is 0 Å². The first-order valence-corrected chi connectivity index (χ1v) is 6.97. The molecule has 2 rings (SSSR count). The van der Waals surface area contributed by atoms with Crippen LogP contribution in [0.3, 0.4) is 0 Å². The molecule has 5 nitrogen and oxygen atoms in total. The van der Waals surface area contributed by atoms with Gasteiger partial charge < -0.3 is 10.6 Å². The number of nitrogens with zero attached hydrogens (tertiary/aromatic N) is 4. The number of likely N-dealkylation sites (N-methyl/N-ethyl adjacent to an activating group) is 1. The van der Waals surface area contributed by atoms with E-state index in [2.05, 4.69) is 28.7 Å². The number of anilines is 1. The lowest BCUT2D eigenvalue weighted by atomic mass is 10.3. The van der Waals surface area contributed by atoms with Crippen molar-refractivity contribution in [3.05, 3.63) is 17.8 Å². The highest BCUT2D eigenvalue weighted by atomic mass is 15.2. The van der Waals surface area contributed by atoms with Crippen LogP contribution in [0.1, 0.15) is 26.0 Å². The third kappa shape index (κ3) is 3.04. The summed E-state index contributed by atoms with van der Waals surface area (Å²) >= 11 is 0. The van der Waals surface area contributed by atoms with Gasteiger partial charge in [0.25, 0.3) is 0 Å². The number of hydrogen-bond donors (Lipinski definition) is 1. The average Bonchev–Trinajstić information content (AvgIpc) is 2.70. The maximum atomic E-state index is 6.00. The fourth-order valence-electron chi connectivity index (χ4n) is 2.32. The van der Waals surface area contributed by atoms with Gasteiger partial charge in [-0.15, -0.1) is 0 Å². The number of aromatic nitrogens is 3. The van der Waals surface area contributed by atoms with Crippen molar-refractivity contribution in [2.75, 3.05) is 25.4 Å². The van der Waals surface area contributed by atoms with E-state index in [4.69, 9.17) is 5.73 Å². The van der Waals surface area contributed by atoms with Crippen molar-refractivity contribution < 1.29 is 0 Å². The van der Waals surface area contributed by atoms with Gasteiger partial charge in [-0.1, -0.05) is 13.8 Å². The predicted molar refractivity (Wildman–Crippen MR) is 79.1 cm³/mol. The van der Waals surface area contributed by atoms with E-state index < -0.39 is 0 Å². The summed E-state index contributed by atoms with van der Waals surface area (Å²) in [6.07, 6.45) is 1.17. The maximum Gasteiger partial charge on any atom is 0.202 e. The number of nitrogen functional groups attached to an aromatic ring is 1. The van der Waals surface area contributed by atoms with Gasteiger partial charge >= 0.3 is 0 Å². The van der Waals surface area contributed by atoms with Gasteiger partial charge in [0.2, 0.25) is 5.95 Å². The summed E-state index contributed by atoms with van der Waals surface area (Å²) in [5.41, 5.74) is 8.76. The Kier molecular flexibility index (Phi) is 4.37. The summed E-state index contributed by atoms with van der Waals surface area (Å²) in [6, 6.07) is 3.95. The van der Waals surface area contributed by atoms with Gasteiger partial charge in [-0.25, -0.2) is 9.97 Å². The van der Waals surface area contributed by atoms with Gasteiger partial charge in [0, 0.05) is 18.8 Å². The zero-order chi connectivity index (χ0) is 13.8. The summed E-state index contributed by atoms with van der Waals surface area (Å²) in [6.45, 7) is 10.4. The molecule has 0 saturated heterocycles. The number of pyridine rings is 1. The van der Waals surface area contributed by atoms with E-state index in [0.717, 1.165) is 43.0 Å². The van der Waals surface area contributed by atoms with Crippen LogP contribution in [0.4, 0.5) is 5.95 Å². The quantitative estimate of drug-likeness (QED) is 0.864. The Labute approximate surface area is 114 Å². The second-order valence-corrected chi connectivity index (χ2v) is 4.85. The molecule has 104 valence electrons. The van der Waals surface area contributed by atoms with Crippen molar-refractivity contribution >= 4 is 17.1 Å². The second-order valence-electron chi connectivity index (χ2n) is 4.85.